The first-order valence-electron chi connectivity index (χ1n) is 6.05. The van der Waals surface area contributed by atoms with E-state index in [4.69, 9.17) is 8.94 Å². The quantitative estimate of drug-likeness (QED) is 0.716. The summed E-state index contributed by atoms with van der Waals surface area (Å²) >= 11 is 0. The number of hydrogen-bond acceptors (Lipinski definition) is 7. The van der Waals surface area contributed by atoms with E-state index in [2.05, 4.69) is 15.4 Å². The second-order valence-corrected chi connectivity index (χ2v) is 6.39. The van der Waals surface area contributed by atoms with E-state index in [1.165, 1.54) is 16.9 Å². The first-order valence-corrected chi connectivity index (χ1v) is 7.71. The predicted octanol–water partition coefficient (Wildman–Crippen LogP) is 1.35. The third kappa shape index (κ3) is 2.47. The van der Waals surface area contributed by atoms with Gasteiger partial charge in [0.15, 0.2) is 5.76 Å². The van der Waals surface area contributed by atoms with E-state index in [0.29, 0.717) is 17.3 Å². The van der Waals surface area contributed by atoms with Gasteiger partial charge in [-0.25, -0.2) is 8.42 Å². The van der Waals surface area contributed by atoms with Gasteiger partial charge in [-0.1, -0.05) is 5.16 Å². The summed E-state index contributed by atoms with van der Waals surface area (Å²) in [5, 5.41) is 11.1. The molecule has 0 amide bonds. The van der Waals surface area contributed by atoms with Gasteiger partial charge in [-0.05, 0) is 19.1 Å². The van der Waals surface area contributed by atoms with E-state index >= 15 is 0 Å². The Morgan fingerprint density at radius 3 is 2.71 bits per heavy atom. The van der Waals surface area contributed by atoms with Crippen LogP contribution in [0.2, 0.25) is 0 Å². The lowest BCUT2D eigenvalue weighted by molar-refractivity contribution is 0.412. The third-order valence-electron chi connectivity index (χ3n) is 2.99. The Kier molecular flexibility index (Phi) is 3.13. The van der Waals surface area contributed by atoms with Crippen LogP contribution in [0.15, 0.2) is 38.6 Å². The largest absolute Gasteiger partial charge is 0.461 e. The highest BCUT2D eigenvalue weighted by Crippen LogP contribution is 2.22. The molecule has 0 saturated carbocycles. The molecule has 0 fully saturated rings. The Morgan fingerprint density at radius 1 is 1.29 bits per heavy atom. The number of nitrogens with zero attached hydrogens (tertiary/aromatic N) is 4. The Hall–Kier alpha value is -2.42. The van der Waals surface area contributed by atoms with Crippen molar-refractivity contribution in [3.05, 3.63) is 36.0 Å². The maximum absolute atomic E-state index is 12.3. The lowest BCUT2D eigenvalue weighted by Gasteiger charge is -2.01. The van der Waals surface area contributed by atoms with Crippen LogP contribution in [0.5, 0.6) is 0 Å². The highest BCUT2D eigenvalue weighted by Gasteiger charge is 2.24. The summed E-state index contributed by atoms with van der Waals surface area (Å²) in [5.41, 5.74) is 0.280. The molecule has 3 heterocycles. The van der Waals surface area contributed by atoms with Crippen LogP contribution in [-0.2, 0) is 22.6 Å². The molecular formula is C12H12N4O4S. The van der Waals surface area contributed by atoms with Gasteiger partial charge in [0.25, 0.3) is 0 Å². The zero-order valence-electron chi connectivity index (χ0n) is 11.3. The standard InChI is InChI=1S/C12H12N4O4S/c1-8-13-14-12(16(8)2)21(17,18)7-9-6-11(20-15-9)10-4-3-5-19-10/h3-6H,7H2,1-2H3. The summed E-state index contributed by atoms with van der Waals surface area (Å²) in [7, 11) is -2.05. The Balaban J connectivity index is 1.88. The second kappa shape index (κ2) is 4.85. The van der Waals surface area contributed by atoms with Crippen LogP contribution < -0.4 is 0 Å². The summed E-state index contributed by atoms with van der Waals surface area (Å²) in [6, 6.07) is 4.93. The van der Waals surface area contributed by atoms with E-state index in [9.17, 15) is 8.42 Å². The lowest BCUT2D eigenvalue weighted by Crippen LogP contribution is -2.11. The number of hydrogen-bond donors (Lipinski definition) is 0. The van der Waals surface area contributed by atoms with E-state index in [-0.39, 0.29) is 16.6 Å². The van der Waals surface area contributed by atoms with Crippen LogP contribution in [0.4, 0.5) is 0 Å². The molecular weight excluding hydrogens is 296 g/mol. The summed E-state index contributed by atoms with van der Waals surface area (Å²) in [6.45, 7) is 1.68. The fourth-order valence-electron chi connectivity index (χ4n) is 1.83. The summed E-state index contributed by atoms with van der Waals surface area (Å²) in [5.74, 6) is 1.06. The molecule has 9 heteroatoms. The van der Waals surface area contributed by atoms with Crippen LogP contribution in [0, 0.1) is 6.92 Å². The first-order chi connectivity index (χ1) is 9.97. The minimum absolute atomic E-state index is 0.0949. The van der Waals surface area contributed by atoms with Gasteiger partial charge in [0.05, 0.1) is 12.0 Å². The van der Waals surface area contributed by atoms with Crippen molar-refractivity contribution in [2.45, 2.75) is 17.8 Å². The van der Waals surface area contributed by atoms with Gasteiger partial charge in [-0.3, -0.25) is 0 Å². The molecule has 3 aromatic heterocycles. The van der Waals surface area contributed by atoms with Crippen LogP contribution in [0.3, 0.4) is 0 Å². The van der Waals surface area contributed by atoms with Gasteiger partial charge < -0.3 is 13.5 Å². The molecule has 3 aromatic rings. The van der Waals surface area contributed by atoms with Gasteiger partial charge in [0.2, 0.25) is 20.8 Å². The normalized spacial score (nSPS) is 11.9. The fraction of sp³-hybridized carbons (Fsp3) is 0.250. The molecule has 0 aromatic carbocycles. The summed E-state index contributed by atoms with van der Waals surface area (Å²) in [6.07, 6.45) is 1.50. The average Bonchev–Trinajstić information content (AvgIpc) is 3.11. The van der Waals surface area contributed by atoms with Crippen LogP contribution in [0.25, 0.3) is 11.5 Å². The Bertz CT molecular complexity index is 861. The van der Waals surface area contributed by atoms with E-state index in [0.717, 1.165) is 0 Å². The van der Waals surface area contributed by atoms with Gasteiger partial charge in [0.1, 0.15) is 11.6 Å². The molecule has 0 N–H and O–H groups in total. The molecule has 0 bridgehead atoms. The molecule has 110 valence electrons. The second-order valence-electron chi connectivity index (χ2n) is 4.51. The molecule has 0 radical (unpaired) electrons. The van der Waals surface area contributed by atoms with Gasteiger partial charge in [-0.15, -0.1) is 10.2 Å². The minimum atomic E-state index is -3.64. The maximum Gasteiger partial charge on any atom is 0.249 e. The summed E-state index contributed by atoms with van der Waals surface area (Å²) in [4.78, 5) is 0. The van der Waals surface area contributed by atoms with Crippen molar-refractivity contribution in [1.29, 1.82) is 0 Å². The van der Waals surface area contributed by atoms with Crippen LogP contribution in [-0.4, -0.2) is 28.3 Å². The van der Waals surface area contributed by atoms with Crippen molar-refractivity contribution in [3.8, 4) is 11.5 Å². The number of rotatable bonds is 4. The number of aromatic nitrogens is 4. The van der Waals surface area contributed by atoms with Crippen molar-refractivity contribution < 1.29 is 17.4 Å². The van der Waals surface area contributed by atoms with Crippen molar-refractivity contribution in [2.75, 3.05) is 0 Å². The maximum atomic E-state index is 12.3. The van der Waals surface area contributed by atoms with Crippen molar-refractivity contribution in [1.82, 2.24) is 19.9 Å². The molecule has 0 atom stereocenters. The van der Waals surface area contributed by atoms with Crippen LogP contribution in [0.1, 0.15) is 11.5 Å². The number of aryl methyl sites for hydroxylation is 1. The molecule has 0 aliphatic rings. The van der Waals surface area contributed by atoms with Gasteiger partial charge in [0, 0.05) is 13.1 Å². The first kappa shape index (κ1) is 13.6. The van der Waals surface area contributed by atoms with Crippen molar-refractivity contribution in [2.24, 2.45) is 7.05 Å². The molecule has 0 unspecified atom stereocenters. The number of furan rings is 1. The van der Waals surface area contributed by atoms with Crippen LogP contribution >= 0.6 is 0 Å². The smallest absolute Gasteiger partial charge is 0.249 e. The lowest BCUT2D eigenvalue weighted by atomic mass is 10.3. The van der Waals surface area contributed by atoms with E-state index in [1.54, 1.807) is 26.1 Å². The molecule has 8 nitrogen and oxygen atoms in total. The molecule has 21 heavy (non-hydrogen) atoms. The van der Waals surface area contributed by atoms with Crippen molar-refractivity contribution >= 4 is 9.84 Å². The third-order valence-corrected chi connectivity index (χ3v) is 4.58. The zero-order valence-corrected chi connectivity index (χ0v) is 12.2. The van der Waals surface area contributed by atoms with E-state index < -0.39 is 9.84 Å². The highest BCUT2D eigenvalue weighted by molar-refractivity contribution is 7.90. The molecule has 0 spiro atoms. The van der Waals surface area contributed by atoms with Gasteiger partial charge >= 0.3 is 0 Å². The zero-order chi connectivity index (χ0) is 15.0. The summed E-state index contributed by atoms with van der Waals surface area (Å²) < 4.78 is 36.3. The topological polar surface area (TPSA) is 104 Å². The monoisotopic (exact) mass is 308 g/mol. The molecule has 3 rings (SSSR count). The number of sulfone groups is 1. The fourth-order valence-corrected chi connectivity index (χ4v) is 3.20. The molecule has 0 aliphatic carbocycles. The SMILES string of the molecule is Cc1nnc(S(=O)(=O)Cc2cc(-c3ccco3)on2)n1C. The minimum Gasteiger partial charge on any atom is -0.461 e. The molecule has 0 aliphatic heterocycles. The Morgan fingerprint density at radius 2 is 2.10 bits per heavy atom. The average molecular weight is 308 g/mol. The molecule has 0 saturated heterocycles. The van der Waals surface area contributed by atoms with Crippen molar-refractivity contribution in [3.63, 3.8) is 0 Å². The predicted molar refractivity (Wildman–Crippen MR) is 70.8 cm³/mol. The van der Waals surface area contributed by atoms with Gasteiger partial charge in [-0.2, -0.15) is 0 Å². The highest BCUT2D eigenvalue weighted by atomic mass is 32.2. The Labute approximate surface area is 120 Å². The van der Waals surface area contributed by atoms with E-state index in [1.807, 2.05) is 0 Å².